The summed E-state index contributed by atoms with van der Waals surface area (Å²) in [4.78, 5) is 12.4. The number of carbonyl (C=O) groups is 1. The summed E-state index contributed by atoms with van der Waals surface area (Å²) in [6, 6.07) is 19.4. The highest BCUT2D eigenvalue weighted by molar-refractivity contribution is 7.92. The van der Waals surface area contributed by atoms with E-state index in [1.807, 2.05) is 37.3 Å². The molecule has 0 radical (unpaired) electrons. The number of aryl methyl sites for hydroxylation is 1. The first-order chi connectivity index (χ1) is 13.2. The molecule has 1 N–H and O–H groups in total. The molecule has 5 heteroatoms. The van der Waals surface area contributed by atoms with Gasteiger partial charge >= 0.3 is 0 Å². The second-order valence-corrected chi connectivity index (χ2v) is 8.93. The molecule has 0 aromatic heterocycles. The zero-order valence-electron chi connectivity index (χ0n) is 16.0. The van der Waals surface area contributed by atoms with E-state index < -0.39 is 20.9 Å². The molecule has 0 amide bonds. The minimum Gasteiger partial charge on any atom is -0.512 e. The molecule has 3 aromatic carbocycles. The lowest BCUT2D eigenvalue weighted by Gasteiger charge is -2.21. The lowest BCUT2D eigenvalue weighted by Crippen LogP contribution is -2.21. The number of carbonyl (C=O) groups excluding carboxylic acids is 1. The second kappa shape index (κ2) is 7.60. The third-order valence-electron chi connectivity index (χ3n) is 4.77. The number of benzene rings is 3. The average Bonchev–Trinajstić information content (AvgIpc) is 2.65. The molecule has 144 valence electrons. The van der Waals surface area contributed by atoms with Crippen molar-refractivity contribution in [1.29, 1.82) is 0 Å². The van der Waals surface area contributed by atoms with Gasteiger partial charge in [0.15, 0.2) is 15.6 Å². The number of rotatable bonds is 5. The fraction of sp³-hybridized carbons (Fsp3) is 0.174. The first kappa shape index (κ1) is 19.8. The van der Waals surface area contributed by atoms with Gasteiger partial charge in [0.1, 0.15) is 5.25 Å². The zero-order chi connectivity index (χ0) is 20.5. The number of hydrogen-bond acceptors (Lipinski definition) is 4. The highest BCUT2D eigenvalue weighted by Gasteiger charge is 2.36. The van der Waals surface area contributed by atoms with E-state index in [1.54, 1.807) is 24.3 Å². The summed E-state index contributed by atoms with van der Waals surface area (Å²) in [7, 11) is -3.97. The monoisotopic (exact) mass is 394 g/mol. The Bertz CT molecular complexity index is 1170. The van der Waals surface area contributed by atoms with Gasteiger partial charge in [-0.1, -0.05) is 54.1 Å². The molecule has 0 saturated heterocycles. The topological polar surface area (TPSA) is 71.4 Å². The predicted octanol–water partition coefficient (Wildman–Crippen LogP) is 5.08. The van der Waals surface area contributed by atoms with Crippen molar-refractivity contribution < 1.29 is 18.3 Å². The van der Waals surface area contributed by atoms with Crippen LogP contribution >= 0.6 is 0 Å². The number of sulfone groups is 1. The first-order valence-corrected chi connectivity index (χ1v) is 10.5. The molecule has 1 unspecified atom stereocenters. The number of Topliss-reactive ketones (excluding diaryl/α,β-unsaturated/α-hetero) is 1. The van der Waals surface area contributed by atoms with Gasteiger partial charge in [-0.3, -0.25) is 4.79 Å². The van der Waals surface area contributed by atoms with Crippen molar-refractivity contribution in [2.24, 2.45) is 0 Å². The van der Waals surface area contributed by atoms with Crippen LogP contribution in [0.1, 0.15) is 30.2 Å². The molecule has 0 aliphatic heterocycles. The van der Waals surface area contributed by atoms with Crippen LogP contribution in [0.15, 0.2) is 83.0 Å². The average molecular weight is 394 g/mol. The molecule has 28 heavy (non-hydrogen) atoms. The molecule has 1 atom stereocenters. The van der Waals surface area contributed by atoms with Crippen LogP contribution in [0, 0.1) is 6.92 Å². The summed E-state index contributed by atoms with van der Waals surface area (Å²) in [5.41, 5.74) is 1.26. The fourth-order valence-electron chi connectivity index (χ4n) is 3.36. The maximum Gasteiger partial charge on any atom is 0.189 e. The number of hydrogen-bond donors (Lipinski definition) is 1. The van der Waals surface area contributed by atoms with Gasteiger partial charge in [-0.25, -0.2) is 8.42 Å². The van der Waals surface area contributed by atoms with E-state index in [-0.39, 0.29) is 16.2 Å². The van der Waals surface area contributed by atoms with Crippen molar-refractivity contribution in [3.05, 3.63) is 89.2 Å². The fourth-order valence-corrected chi connectivity index (χ4v) is 5.30. The second-order valence-electron chi connectivity index (χ2n) is 6.90. The number of aliphatic hydroxyl groups is 1. The lowest BCUT2D eigenvalue weighted by atomic mass is 9.98. The Labute approximate surface area is 165 Å². The molecule has 3 rings (SSSR count). The third-order valence-corrected chi connectivity index (χ3v) is 6.83. The molecule has 0 saturated carbocycles. The third kappa shape index (κ3) is 3.71. The van der Waals surface area contributed by atoms with Gasteiger partial charge in [-0.2, -0.15) is 0 Å². The van der Waals surface area contributed by atoms with Crippen LogP contribution in [0.25, 0.3) is 10.8 Å². The Morgan fingerprint density at radius 3 is 2.07 bits per heavy atom. The van der Waals surface area contributed by atoms with Gasteiger partial charge in [0.05, 0.1) is 16.2 Å². The number of ketones is 1. The van der Waals surface area contributed by atoms with E-state index in [0.717, 1.165) is 16.3 Å². The summed E-state index contributed by atoms with van der Waals surface area (Å²) >= 11 is 0. The molecule has 0 spiro atoms. The van der Waals surface area contributed by atoms with Crippen LogP contribution < -0.4 is 0 Å². The number of aliphatic hydroxyl groups excluding tert-OH is 1. The van der Waals surface area contributed by atoms with E-state index in [1.165, 1.54) is 26.0 Å². The molecule has 0 aliphatic rings. The summed E-state index contributed by atoms with van der Waals surface area (Å²) < 4.78 is 27.1. The Morgan fingerprint density at radius 1 is 0.893 bits per heavy atom. The van der Waals surface area contributed by atoms with Gasteiger partial charge in [0.25, 0.3) is 0 Å². The van der Waals surface area contributed by atoms with Crippen LogP contribution in [0.2, 0.25) is 0 Å². The minimum absolute atomic E-state index is 0.108. The highest BCUT2D eigenvalue weighted by Crippen LogP contribution is 2.38. The number of allylic oxidation sites excluding steroid dienone is 1. The van der Waals surface area contributed by atoms with Crippen molar-refractivity contribution in [2.45, 2.75) is 30.9 Å². The maximum absolute atomic E-state index is 13.5. The Morgan fingerprint density at radius 2 is 1.50 bits per heavy atom. The largest absolute Gasteiger partial charge is 0.512 e. The minimum atomic E-state index is -3.97. The smallest absolute Gasteiger partial charge is 0.189 e. The summed E-state index contributed by atoms with van der Waals surface area (Å²) in [5, 5.41) is 10.7. The van der Waals surface area contributed by atoms with E-state index in [2.05, 4.69) is 0 Å². The van der Waals surface area contributed by atoms with E-state index in [4.69, 9.17) is 0 Å². The maximum atomic E-state index is 13.5. The SMILES string of the molecule is CC(=O)/C(=C(\C)O)C(c1ccc2ccccc2c1)S(=O)(=O)c1ccc(C)cc1. The molecule has 4 nitrogen and oxygen atoms in total. The number of fused-ring (bicyclic) bond motifs is 1. The molecule has 0 fully saturated rings. The Hall–Kier alpha value is -2.92. The van der Waals surface area contributed by atoms with E-state index in [9.17, 15) is 18.3 Å². The van der Waals surface area contributed by atoms with E-state index in [0.29, 0.717) is 5.56 Å². The van der Waals surface area contributed by atoms with Crippen molar-refractivity contribution in [3.63, 3.8) is 0 Å². The van der Waals surface area contributed by atoms with Crippen LogP contribution in [-0.2, 0) is 14.6 Å². The molecule has 0 bridgehead atoms. The van der Waals surface area contributed by atoms with Gasteiger partial charge in [0, 0.05) is 0 Å². The molecule has 0 heterocycles. The van der Waals surface area contributed by atoms with Crippen molar-refractivity contribution in [3.8, 4) is 0 Å². The molecule has 3 aromatic rings. The van der Waals surface area contributed by atoms with Crippen LogP contribution in [-0.4, -0.2) is 19.3 Å². The van der Waals surface area contributed by atoms with Crippen LogP contribution in [0.3, 0.4) is 0 Å². The standard InChI is InChI=1S/C23H22O4S/c1-15-8-12-21(13-9-15)28(26,27)23(22(16(2)24)17(3)25)20-11-10-18-6-4-5-7-19(18)14-20/h4-14,23-24H,1-3H3/b22-16-. The van der Waals surface area contributed by atoms with Gasteiger partial charge < -0.3 is 5.11 Å². The normalized spacial score (nSPS) is 13.8. The van der Waals surface area contributed by atoms with Crippen molar-refractivity contribution in [2.75, 3.05) is 0 Å². The van der Waals surface area contributed by atoms with Gasteiger partial charge in [-0.05, 0) is 55.3 Å². The summed E-state index contributed by atoms with van der Waals surface area (Å²) in [6.07, 6.45) is 0. The predicted molar refractivity (Wildman–Crippen MR) is 111 cm³/mol. The quantitative estimate of drug-likeness (QED) is 0.484. The highest BCUT2D eigenvalue weighted by atomic mass is 32.2. The van der Waals surface area contributed by atoms with Gasteiger partial charge in [-0.15, -0.1) is 0 Å². The van der Waals surface area contributed by atoms with E-state index >= 15 is 0 Å². The lowest BCUT2D eigenvalue weighted by molar-refractivity contribution is -0.113. The summed E-state index contributed by atoms with van der Waals surface area (Å²) in [6.45, 7) is 4.49. The van der Waals surface area contributed by atoms with Gasteiger partial charge in [0.2, 0.25) is 0 Å². The van der Waals surface area contributed by atoms with Crippen molar-refractivity contribution >= 4 is 26.4 Å². The first-order valence-electron chi connectivity index (χ1n) is 8.91. The molecular formula is C23H22O4S. The zero-order valence-corrected chi connectivity index (χ0v) is 16.8. The molecular weight excluding hydrogens is 372 g/mol. The Kier molecular flexibility index (Phi) is 5.38. The van der Waals surface area contributed by atoms with Crippen LogP contribution in [0.5, 0.6) is 0 Å². The summed E-state index contributed by atoms with van der Waals surface area (Å²) in [5.74, 6) is -0.768. The van der Waals surface area contributed by atoms with Crippen molar-refractivity contribution in [1.82, 2.24) is 0 Å². The molecule has 0 aliphatic carbocycles. The van der Waals surface area contributed by atoms with Crippen LogP contribution in [0.4, 0.5) is 0 Å². The Balaban J connectivity index is 2.29.